The SMILES string of the molecule is C=C(C)CC(N)c1cc(F)ccc1F. The van der Waals surface area contributed by atoms with Crippen LogP contribution in [0.4, 0.5) is 8.78 Å². The first kappa shape index (κ1) is 10.9. The van der Waals surface area contributed by atoms with E-state index in [0.29, 0.717) is 6.42 Å². The minimum absolute atomic E-state index is 0.202. The molecule has 0 saturated carbocycles. The molecule has 0 aliphatic heterocycles. The van der Waals surface area contributed by atoms with E-state index in [0.717, 1.165) is 23.8 Å². The first-order valence-electron chi connectivity index (χ1n) is 4.35. The maximum Gasteiger partial charge on any atom is 0.128 e. The highest BCUT2D eigenvalue weighted by Gasteiger charge is 2.12. The summed E-state index contributed by atoms with van der Waals surface area (Å²) >= 11 is 0. The summed E-state index contributed by atoms with van der Waals surface area (Å²) in [6.07, 6.45) is 0.459. The summed E-state index contributed by atoms with van der Waals surface area (Å²) in [5, 5.41) is 0. The van der Waals surface area contributed by atoms with E-state index in [1.165, 1.54) is 0 Å². The van der Waals surface area contributed by atoms with Gasteiger partial charge in [0.1, 0.15) is 11.6 Å². The van der Waals surface area contributed by atoms with Crippen LogP contribution in [0.25, 0.3) is 0 Å². The fraction of sp³-hybridized carbons (Fsp3) is 0.273. The maximum absolute atomic E-state index is 13.2. The molecule has 0 heterocycles. The van der Waals surface area contributed by atoms with Crippen molar-refractivity contribution in [1.29, 1.82) is 0 Å². The molecule has 1 rings (SSSR count). The second kappa shape index (κ2) is 4.33. The van der Waals surface area contributed by atoms with Gasteiger partial charge in [-0.15, -0.1) is 6.58 Å². The smallest absolute Gasteiger partial charge is 0.128 e. The van der Waals surface area contributed by atoms with Gasteiger partial charge in [-0.05, 0) is 31.5 Å². The van der Waals surface area contributed by atoms with Gasteiger partial charge in [-0.25, -0.2) is 8.78 Å². The zero-order valence-corrected chi connectivity index (χ0v) is 8.06. The first-order chi connectivity index (χ1) is 6.50. The number of nitrogens with two attached hydrogens (primary N) is 1. The van der Waals surface area contributed by atoms with Crippen molar-refractivity contribution in [3.8, 4) is 0 Å². The predicted octanol–water partition coefficient (Wildman–Crippen LogP) is 2.93. The molecule has 1 aromatic carbocycles. The predicted molar refractivity (Wildman–Crippen MR) is 52.7 cm³/mol. The van der Waals surface area contributed by atoms with Crippen LogP contribution in [0.1, 0.15) is 24.9 Å². The van der Waals surface area contributed by atoms with Crippen LogP contribution >= 0.6 is 0 Å². The molecule has 0 fully saturated rings. The van der Waals surface area contributed by atoms with Crippen LogP contribution in [0.2, 0.25) is 0 Å². The molecule has 1 nitrogen and oxygen atoms in total. The molecule has 1 unspecified atom stereocenters. The summed E-state index contributed by atoms with van der Waals surface area (Å²) in [7, 11) is 0. The van der Waals surface area contributed by atoms with Gasteiger partial charge in [0.2, 0.25) is 0 Å². The Labute approximate surface area is 82.2 Å². The number of rotatable bonds is 3. The van der Waals surface area contributed by atoms with Crippen molar-refractivity contribution in [2.24, 2.45) is 5.73 Å². The Hall–Kier alpha value is -1.22. The zero-order chi connectivity index (χ0) is 10.7. The largest absolute Gasteiger partial charge is 0.324 e. The van der Waals surface area contributed by atoms with E-state index in [-0.39, 0.29) is 5.56 Å². The van der Waals surface area contributed by atoms with Gasteiger partial charge < -0.3 is 5.73 Å². The summed E-state index contributed by atoms with van der Waals surface area (Å²) in [5.74, 6) is -0.946. The Bertz CT molecular complexity index is 347. The van der Waals surface area contributed by atoms with Gasteiger partial charge in [-0.3, -0.25) is 0 Å². The van der Waals surface area contributed by atoms with Crippen LogP contribution in [-0.4, -0.2) is 0 Å². The fourth-order valence-corrected chi connectivity index (χ4v) is 1.28. The lowest BCUT2D eigenvalue weighted by atomic mass is 10.0. The average Bonchev–Trinajstić information content (AvgIpc) is 2.08. The quantitative estimate of drug-likeness (QED) is 0.741. The number of benzene rings is 1. The van der Waals surface area contributed by atoms with Gasteiger partial charge in [-0.2, -0.15) is 0 Å². The normalized spacial score (nSPS) is 12.6. The molecule has 0 aliphatic carbocycles. The molecule has 0 amide bonds. The molecule has 0 radical (unpaired) electrons. The van der Waals surface area contributed by atoms with E-state index >= 15 is 0 Å². The van der Waals surface area contributed by atoms with E-state index < -0.39 is 17.7 Å². The van der Waals surface area contributed by atoms with Gasteiger partial charge in [0.05, 0.1) is 0 Å². The van der Waals surface area contributed by atoms with Crippen LogP contribution in [0.15, 0.2) is 30.4 Å². The van der Waals surface area contributed by atoms with Crippen LogP contribution in [0, 0.1) is 11.6 Å². The van der Waals surface area contributed by atoms with Crippen molar-refractivity contribution in [1.82, 2.24) is 0 Å². The molecule has 0 spiro atoms. The van der Waals surface area contributed by atoms with Crippen molar-refractivity contribution in [2.45, 2.75) is 19.4 Å². The summed E-state index contributed by atoms with van der Waals surface area (Å²) in [5.41, 5.74) is 6.75. The average molecular weight is 197 g/mol. The van der Waals surface area contributed by atoms with Gasteiger partial charge in [0.15, 0.2) is 0 Å². The van der Waals surface area contributed by atoms with Crippen molar-refractivity contribution in [3.63, 3.8) is 0 Å². The van der Waals surface area contributed by atoms with Gasteiger partial charge >= 0.3 is 0 Å². The van der Waals surface area contributed by atoms with Crippen molar-refractivity contribution >= 4 is 0 Å². The lowest BCUT2D eigenvalue weighted by Crippen LogP contribution is -2.12. The van der Waals surface area contributed by atoms with Crippen molar-refractivity contribution < 1.29 is 8.78 Å². The minimum atomic E-state index is -0.525. The molecule has 3 heteroatoms. The summed E-state index contributed by atoms with van der Waals surface area (Å²) in [4.78, 5) is 0. The lowest BCUT2D eigenvalue weighted by molar-refractivity contribution is 0.560. The molecular weight excluding hydrogens is 184 g/mol. The second-order valence-electron chi connectivity index (χ2n) is 3.43. The van der Waals surface area contributed by atoms with E-state index in [9.17, 15) is 8.78 Å². The number of hydrogen-bond donors (Lipinski definition) is 1. The zero-order valence-electron chi connectivity index (χ0n) is 8.06. The molecule has 1 aromatic rings. The summed E-state index contributed by atoms with van der Waals surface area (Å²) in [6.45, 7) is 5.48. The van der Waals surface area contributed by atoms with Crippen LogP contribution in [0.5, 0.6) is 0 Å². The van der Waals surface area contributed by atoms with E-state index in [1.807, 2.05) is 0 Å². The van der Waals surface area contributed by atoms with E-state index in [4.69, 9.17) is 5.73 Å². The third-order valence-corrected chi connectivity index (χ3v) is 1.93. The number of hydrogen-bond acceptors (Lipinski definition) is 1. The van der Waals surface area contributed by atoms with E-state index in [1.54, 1.807) is 6.92 Å². The molecule has 76 valence electrons. The third kappa shape index (κ3) is 2.64. The highest BCUT2D eigenvalue weighted by atomic mass is 19.1. The summed E-state index contributed by atoms with van der Waals surface area (Å²) < 4.78 is 26.0. The number of halogens is 2. The van der Waals surface area contributed by atoms with Crippen molar-refractivity contribution in [3.05, 3.63) is 47.5 Å². The second-order valence-corrected chi connectivity index (χ2v) is 3.43. The monoisotopic (exact) mass is 197 g/mol. The highest BCUT2D eigenvalue weighted by Crippen LogP contribution is 2.21. The van der Waals surface area contributed by atoms with Crippen molar-refractivity contribution in [2.75, 3.05) is 0 Å². The molecule has 0 aliphatic rings. The van der Waals surface area contributed by atoms with Gasteiger partial charge in [-0.1, -0.05) is 5.57 Å². The molecule has 0 aromatic heterocycles. The molecule has 2 N–H and O–H groups in total. The van der Waals surface area contributed by atoms with E-state index in [2.05, 4.69) is 6.58 Å². The molecule has 14 heavy (non-hydrogen) atoms. The topological polar surface area (TPSA) is 26.0 Å². The Morgan fingerprint density at radius 2 is 2.14 bits per heavy atom. The highest BCUT2D eigenvalue weighted by molar-refractivity contribution is 5.23. The molecule has 0 saturated heterocycles. The van der Waals surface area contributed by atoms with Crippen LogP contribution in [-0.2, 0) is 0 Å². The minimum Gasteiger partial charge on any atom is -0.324 e. The van der Waals surface area contributed by atoms with Crippen LogP contribution in [0.3, 0.4) is 0 Å². The lowest BCUT2D eigenvalue weighted by Gasteiger charge is -2.12. The Morgan fingerprint density at radius 1 is 1.50 bits per heavy atom. The Kier molecular flexibility index (Phi) is 3.36. The van der Waals surface area contributed by atoms with Gasteiger partial charge in [0.25, 0.3) is 0 Å². The van der Waals surface area contributed by atoms with Gasteiger partial charge in [0, 0.05) is 11.6 Å². The fourth-order valence-electron chi connectivity index (χ4n) is 1.28. The summed E-state index contributed by atoms with van der Waals surface area (Å²) in [6, 6.07) is 2.77. The Morgan fingerprint density at radius 3 is 2.71 bits per heavy atom. The molecular formula is C11H13F2N. The Balaban J connectivity index is 2.93. The standard InChI is InChI=1S/C11H13F2N/c1-7(2)5-11(14)9-6-8(12)3-4-10(9)13/h3-4,6,11H,1,5,14H2,2H3. The molecule has 0 bridgehead atoms. The first-order valence-corrected chi connectivity index (χ1v) is 4.35. The van der Waals surface area contributed by atoms with Crippen LogP contribution < -0.4 is 5.73 Å². The maximum atomic E-state index is 13.2. The third-order valence-electron chi connectivity index (χ3n) is 1.93. The molecule has 1 atom stereocenters.